The molecule has 1 N–H and O–H groups in total. The molecular weight excluding hydrogens is 212 g/mol. The molecular formula is C14H22N2O. The van der Waals surface area contributed by atoms with Crippen molar-refractivity contribution < 1.29 is 4.74 Å². The van der Waals surface area contributed by atoms with Gasteiger partial charge in [-0.1, -0.05) is 29.8 Å². The molecule has 0 radical (unpaired) electrons. The summed E-state index contributed by atoms with van der Waals surface area (Å²) in [4.78, 5) is 2.18. The molecule has 1 atom stereocenters. The van der Waals surface area contributed by atoms with Crippen molar-refractivity contribution in [2.24, 2.45) is 0 Å². The quantitative estimate of drug-likeness (QED) is 0.856. The number of aryl methyl sites for hydroxylation is 1. The Labute approximate surface area is 104 Å². The molecule has 0 bridgehead atoms. The van der Waals surface area contributed by atoms with E-state index in [1.165, 1.54) is 11.1 Å². The number of morpholine rings is 1. The van der Waals surface area contributed by atoms with Gasteiger partial charge in [-0.2, -0.15) is 0 Å². The maximum atomic E-state index is 6.02. The lowest BCUT2D eigenvalue weighted by Gasteiger charge is -2.43. The van der Waals surface area contributed by atoms with Gasteiger partial charge in [0, 0.05) is 19.5 Å². The van der Waals surface area contributed by atoms with Crippen LogP contribution in [-0.2, 0) is 11.2 Å². The van der Waals surface area contributed by atoms with Gasteiger partial charge < -0.3 is 10.1 Å². The summed E-state index contributed by atoms with van der Waals surface area (Å²) in [5.74, 6) is 0. The lowest BCUT2D eigenvalue weighted by Crippen LogP contribution is -2.59. The van der Waals surface area contributed by atoms with Crippen LogP contribution < -0.4 is 5.32 Å². The highest BCUT2D eigenvalue weighted by Gasteiger charge is 2.35. The van der Waals surface area contributed by atoms with Gasteiger partial charge in [0.25, 0.3) is 0 Å². The van der Waals surface area contributed by atoms with E-state index < -0.39 is 0 Å². The summed E-state index contributed by atoms with van der Waals surface area (Å²) >= 11 is 0. The summed E-state index contributed by atoms with van der Waals surface area (Å²) < 4.78 is 6.02. The fourth-order valence-electron chi connectivity index (χ4n) is 2.23. The van der Waals surface area contributed by atoms with Gasteiger partial charge in [0.2, 0.25) is 0 Å². The summed E-state index contributed by atoms with van der Waals surface area (Å²) in [6.07, 6.45) is 0.924. The summed E-state index contributed by atoms with van der Waals surface area (Å²) in [6.45, 7) is 4.73. The molecule has 0 spiro atoms. The van der Waals surface area contributed by atoms with Crippen molar-refractivity contribution in [1.82, 2.24) is 10.2 Å². The molecule has 0 aromatic heterocycles. The number of nitrogens with zero attached hydrogens (tertiary/aromatic N) is 1. The fraction of sp³-hybridized carbons (Fsp3) is 0.571. The zero-order valence-electron chi connectivity index (χ0n) is 11.0. The topological polar surface area (TPSA) is 24.5 Å². The monoisotopic (exact) mass is 234 g/mol. The van der Waals surface area contributed by atoms with E-state index in [0.29, 0.717) is 0 Å². The Bertz CT molecular complexity index is 353. The van der Waals surface area contributed by atoms with Gasteiger partial charge in [-0.15, -0.1) is 0 Å². The zero-order chi connectivity index (χ0) is 12.3. The van der Waals surface area contributed by atoms with Crippen LogP contribution in [0.15, 0.2) is 24.3 Å². The minimum Gasteiger partial charge on any atom is -0.357 e. The van der Waals surface area contributed by atoms with Gasteiger partial charge in [-0.3, -0.25) is 4.90 Å². The molecule has 1 heterocycles. The van der Waals surface area contributed by atoms with Crippen molar-refractivity contribution in [2.45, 2.75) is 19.1 Å². The smallest absolute Gasteiger partial charge is 0.137 e. The second-order valence-electron chi connectivity index (χ2n) is 5.03. The second kappa shape index (κ2) is 5.17. The van der Waals surface area contributed by atoms with Crippen LogP contribution in [0.25, 0.3) is 0 Å². The van der Waals surface area contributed by atoms with Crippen LogP contribution in [0.3, 0.4) is 0 Å². The minimum atomic E-state index is -0.201. The summed E-state index contributed by atoms with van der Waals surface area (Å²) in [5, 5.41) is 3.42. The van der Waals surface area contributed by atoms with Crippen molar-refractivity contribution in [1.29, 1.82) is 0 Å². The highest BCUT2D eigenvalue weighted by atomic mass is 16.5. The second-order valence-corrected chi connectivity index (χ2v) is 5.03. The van der Waals surface area contributed by atoms with Crippen molar-refractivity contribution >= 4 is 0 Å². The predicted molar refractivity (Wildman–Crippen MR) is 70.1 cm³/mol. The first kappa shape index (κ1) is 12.6. The molecule has 1 aromatic carbocycles. The van der Waals surface area contributed by atoms with E-state index in [1.54, 1.807) is 0 Å². The molecule has 1 fully saturated rings. The molecule has 0 amide bonds. The number of hydrogen-bond donors (Lipinski definition) is 1. The molecule has 2 rings (SSSR count). The first-order chi connectivity index (χ1) is 8.12. The standard InChI is InChI=1S/C14H22N2O/c1-12-4-6-13(7-5-12)10-14(16(2)3)11-15-8-9-17-14/h4-7,15H,8-11H2,1-3H3. The van der Waals surface area contributed by atoms with Crippen LogP contribution >= 0.6 is 0 Å². The average molecular weight is 234 g/mol. The Hall–Kier alpha value is -0.900. The average Bonchev–Trinajstić information content (AvgIpc) is 2.33. The van der Waals surface area contributed by atoms with Crippen molar-refractivity contribution in [3.05, 3.63) is 35.4 Å². The fourth-order valence-corrected chi connectivity index (χ4v) is 2.23. The lowest BCUT2D eigenvalue weighted by atomic mass is 9.99. The van der Waals surface area contributed by atoms with Crippen LogP contribution in [0.5, 0.6) is 0 Å². The van der Waals surface area contributed by atoms with Gasteiger partial charge in [0.15, 0.2) is 0 Å². The van der Waals surface area contributed by atoms with Gasteiger partial charge in [-0.05, 0) is 26.6 Å². The molecule has 1 aromatic rings. The number of hydrogen-bond acceptors (Lipinski definition) is 3. The first-order valence-corrected chi connectivity index (χ1v) is 6.20. The van der Waals surface area contributed by atoms with Crippen LogP contribution in [-0.4, -0.2) is 44.4 Å². The van der Waals surface area contributed by atoms with Gasteiger partial charge in [0.05, 0.1) is 6.61 Å². The van der Waals surface area contributed by atoms with Crippen LogP contribution in [0.4, 0.5) is 0 Å². The van der Waals surface area contributed by atoms with Crippen LogP contribution in [0.1, 0.15) is 11.1 Å². The molecule has 0 saturated carbocycles. The molecule has 3 nitrogen and oxygen atoms in total. The van der Waals surface area contributed by atoms with Crippen molar-refractivity contribution in [3.63, 3.8) is 0 Å². The molecule has 3 heteroatoms. The highest BCUT2D eigenvalue weighted by molar-refractivity contribution is 5.23. The van der Waals surface area contributed by atoms with E-state index in [1.807, 2.05) is 0 Å². The number of nitrogens with one attached hydrogen (secondary N) is 1. The number of benzene rings is 1. The third kappa shape index (κ3) is 2.86. The SMILES string of the molecule is Cc1ccc(CC2(N(C)C)CNCCO2)cc1. The highest BCUT2D eigenvalue weighted by Crippen LogP contribution is 2.22. The first-order valence-electron chi connectivity index (χ1n) is 6.20. The molecule has 1 unspecified atom stereocenters. The number of ether oxygens (including phenoxy) is 1. The van der Waals surface area contributed by atoms with E-state index in [4.69, 9.17) is 4.74 Å². The Morgan fingerprint density at radius 1 is 1.29 bits per heavy atom. The van der Waals surface area contributed by atoms with Gasteiger partial charge >= 0.3 is 0 Å². The van der Waals surface area contributed by atoms with E-state index in [-0.39, 0.29) is 5.72 Å². The van der Waals surface area contributed by atoms with Gasteiger partial charge in [-0.25, -0.2) is 0 Å². The van der Waals surface area contributed by atoms with Crippen LogP contribution in [0.2, 0.25) is 0 Å². The Kier molecular flexibility index (Phi) is 3.82. The third-order valence-electron chi connectivity index (χ3n) is 3.47. The van der Waals surface area contributed by atoms with Crippen molar-refractivity contribution in [3.8, 4) is 0 Å². The maximum Gasteiger partial charge on any atom is 0.137 e. The Morgan fingerprint density at radius 3 is 2.53 bits per heavy atom. The molecule has 0 aliphatic carbocycles. The Morgan fingerprint density at radius 2 is 2.00 bits per heavy atom. The minimum absolute atomic E-state index is 0.201. The molecule has 17 heavy (non-hydrogen) atoms. The molecule has 1 aliphatic heterocycles. The van der Waals surface area contributed by atoms with E-state index in [9.17, 15) is 0 Å². The van der Waals surface area contributed by atoms with E-state index in [0.717, 1.165) is 26.1 Å². The predicted octanol–water partition coefficient (Wildman–Crippen LogP) is 1.42. The van der Waals surface area contributed by atoms with Crippen molar-refractivity contribution in [2.75, 3.05) is 33.8 Å². The number of likely N-dealkylation sites (N-methyl/N-ethyl adjacent to an activating group) is 1. The summed E-state index contributed by atoms with van der Waals surface area (Å²) in [7, 11) is 4.17. The van der Waals surface area contributed by atoms with E-state index in [2.05, 4.69) is 55.5 Å². The molecule has 1 aliphatic rings. The zero-order valence-corrected chi connectivity index (χ0v) is 11.0. The van der Waals surface area contributed by atoms with Gasteiger partial charge in [0.1, 0.15) is 5.72 Å². The van der Waals surface area contributed by atoms with E-state index >= 15 is 0 Å². The summed E-state index contributed by atoms with van der Waals surface area (Å²) in [6, 6.07) is 8.71. The Balaban J connectivity index is 2.14. The largest absolute Gasteiger partial charge is 0.357 e. The maximum absolute atomic E-state index is 6.02. The number of rotatable bonds is 3. The lowest BCUT2D eigenvalue weighted by molar-refractivity contribution is -0.151. The molecule has 1 saturated heterocycles. The summed E-state index contributed by atoms with van der Waals surface area (Å²) in [5.41, 5.74) is 2.43. The normalized spacial score (nSPS) is 25.2. The third-order valence-corrected chi connectivity index (χ3v) is 3.47. The van der Waals surface area contributed by atoms with Crippen LogP contribution in [0, 0.1) is 6.92 Å². The molecule has 94 valence electrons.